The van der Waals surface area contributed by atoms with Crippen molar-refractivity contribution < 1.29 is 0 Å². The molecule has 0 aromatic heterocycles. The molecule has 0 N–H and O–H groups in total. The molecule has 1 aliphatic heterocycles. The Labute approximate surface area is 49.3 Å². The van der Waals surface area contributed by atoms with Crippen LogP contribution in [0.4, 0.5) is 0 Å². The molecule has 8 heavy (non-hydrogen) atoms. The number of aliphatic imine (C=N–C) groups is 2. The normalized spacial score (nSPS) is 26.4. The lowest BCUT2D eigenvalue weighted by Gasteiger charge is -2.09. The molecule has 1 heterocycles. The summed E-state index contributed by atoms with van der Waals surface area (Å²) in [5.41, 5.74) is 0. The van der Waals surface area contributed by atoms with Gasteiger partial charge in [0.2, 0.25) is 0 Å². The number of nitrogens with zero attached hydrogens (tertiary/aromatic N) is 2. The van der Waals surface area contributed by atoms with Crippen molar-refractivity contribution in [3.8, 4) is 0 Å². The topological polar surface area (TPSA) is 24.7 Å². The highest BCUT2D eigenvalue weighted by atomic mass is 14.9. The van der Waals surface area contributed by atoms with E-state index in [9.17, 15) is 0 Å². The average molecular weight is 110 g/mol. The van der Waals surface area contributed by atoms with Gasteiger partial charge in [0.05, 0.1) is 6.54 Å². The lowest BCUT2D eigenvalue weighted by atomic mass is 10.2. The van der Waals surface area contributed by atoms with Crippen LogP contribution in [0.3, 0.4) is 0 Å². The van der Waals surface area contributed by atoms with Crippen molar-refractivity contribution in [2.24, 2.45) is 9.98 Å². The Bertz CT molecular complexity index is 116. The largest absolute Gasteiger partial charge is 0.293 e. The van der Waals surface area contributed by atoms with Crippen LogP contribution in [0, 0.1) is 0 Å². The van der Waals surface area contributed by atoms with Gasteiger partial charge in [-0.3, -0.25) is 9.98 Å². The monoisotopic (exact) mass is 110 g/mol. The molecule has 0 aliphatic carbocycles. The summed E-state index contributed by atoms with van der Waals surface area (Å²) in [6.07, 6.45) is 4.85. The Balaban J connectivity index is 2.19. The van der Waals surface area contributed by atoms with Crippen LogP contribution in [0.1, 0.15) is 13.3 Å². The second-order valence-corrected chi connectivity index (χ2v) is 1.82. The highest BCUT2D eigenvalue weighted by Gasteiger charge is 2.06. The lowest BCUT2D eigenvalue weighted by Crippen LogP contribution is -2.19. The average Bonchev–Trinajstić information content (AvgIpc) is 1.63. The first-order valence-electron chi connectivity index (χ1n) is 2.95. The van der Waals surface area contributed by atoms with Gasteiger partial charge in [0, 0.05) is 6.21 Å². The summed E-state index contributed by atoms with van der Waals surface area (Å²) in [6, 6.07) is 0.412. The molecule has 0 spiro atoms. The maximum atomic E-state index is 4.17. The molecule has 1 aliphatic rings. The van der Waals surface area contributed by atoms with Gasteiger partial charge in [-0.05, 0) is 12.6 Å². The van der Waals surface area contributed by atoms with Gasteiger partial charge >= 0.3 is 0 Å². The van der Waals surface area contributed by atoms with E-state index in [2.05, 4.69) is 16.9 Å². The van der Waals surface area contributed by atoms with Crippen molar-refractivity contribution in [3.63, 3.8) is 0 Å². The summed E-state index contributed by atoms with van der Waals surface area (Å²) < 4.78 is 0. The molecule has 0 amide bonds. The minimum absolute atomic E-state index is 0.412. The van der Waals surface area contributed by atoms with E-state index in [1.165, 1.54) is 0 Å². The maximum Gasteiger partial charge on any atom is 0.104 e. The van der Waals surface area contributed by atoms with E-state index in [1.54, 1.807) is 0 Å². The van der Waals surface area contributed by atoms with E-state index in [0.717, 1.165) is 13.0 Å². The van der Waals surface area contributed by atoms with E-state index < -0.39 is 0 Å². The van der Waals surface area contributed by atoms with Gasteiger partial charge < -0.3 is 0 Å². The van der Waals surface area contributed by atoms with Crippen molar-refractivity contribution in [3.05, 3.63) is 0 Å². The van der Waals surface area contributed by atoms with E-state index in [4.69, 9.17) is 0 Å². The summed E-state index contributed by atoms with van der Waals surface area (Å²) in [5.74, 6) is 0. The van der Waals surface area contributed by atoms with E-state index in [1.807, 2.05) is 12.4 Å². The first-order valence-corrected chi connectivity index (χ1v) is 2.95. The predicted molar refractivity (Wildman–Crippen MR) is 35.9 cm³/mol. The van der Waals surface area contributed by atoms with Crippen molar-refractivity contribution in [2.45, 2.75) is 19.4 Å². The molecule has 1 rings (SSSR count). The van der Waals surface area contributed by atoms with Gasteiger partial charge in [0.1, 0.15) is 6.04 Å². The van der Waals surface area contributed by atoms with Crippen LogP contribution in [0.15, 0.2) is 9.98 Å². The third-order valence-corrected chi connectivity index (χ3v) is 1.05. The molecule has 0 aromatic rings. The first-order chi connectivity index (χ1) is 3.93. The molecule has 0 bridgehead atoms. The number of rotatable bonds is 2. The molecule has 0 saturated carbocycles. The number of hydrogen-bond donors (Lipinski definition) is 0. The summed E-state index contributed by atoms with van der Waals surface area (Å²) in [4.78, 5) is 8.09. The molecule has 2 nitrogen and oxygen atoms in total. The SMILES string of the molecule is CC/C=N/[C@H]1C=NC1. The fourth-order valence-electron chi connectivity index (χ4n) is 0.526. The van der Waals surface area contributed by atoms with E-state index in [-0.39, 0.29) is 0 Å². The fourth-order valence-corrected chi connectivity index (χ4v) is 0.526. The Morgan fingerprint density at radius 3 is 3.12 bits per heavy atom. The summed E-state index contributed by atoms with van der Waals surface area (Å²) >= 11 is 0. The van der Waals surface area contributed by atoms with Crippen molar-refractivity contribution >= 4 is 12.4 Å². The van der Waals surface area contributed by atoms with Crippen LogP contribution in [-0.2, 0) is 0 Å². The Kier molecular flexibility index (Phi) is 1.78. The highest BCUT2D eigenvalue weighted by Crippen LogP contribution is 1.96. The first kappa shape index (κ1) is 5.48. The zero-order valence-corrected chi connectivity index (χ0v) is 5.04. The van der Waals surface area contributed by atoms with Gasteiger partial charge in [-0.1, -0.05) is 6.92 Å². The Hall–Kier alpha value is -0.660. The second kappa shape index (κ2) is 2.60. The molecule has 1 atom stereocenters. The van der Waals surface area contributed by atoms with E-state index >= 15 is 0 Å². The lowest BCUT2D eigenvalue weighted by molar-refractivity contribution is 0.815. The molecule has 2 heteroatoms. The van der Waals surface area contributed by atoms with Gasteiger partial charge in [0.15, 0.2) is 0 Å². The van der Waals surface area contributed by atoms with Crippen molar-refractivity contribution in [1.82, 2.24) is 0 Å². The zero-order valence-electron chi connectivity index (χ0n) is 5.04. The smallest absolute Gasteiger partial charge is 0.104 e. The van der Waals surface area contributed by atoms with Crippen molar-refractivity contribution in [1.29, 1.82) is 0 Å². The standard InChI is InChI=1S/C6H10N2/c1-2-3-8-6-4-7-5-6/h3-4,6H,2,5H2,1H3/b8-3+/t6-/m0/s1. The fraction of sp³-hybridized carbons (Fsp3) is 0.667. The Morgan fingerprint density at radius 1 is 2.00 bits per heavy atom. The molecule has 0 unspecified atom stereocenters. The molecule has 0 saturated heterocycles. The van der Waals surface area contributed by atoms with Crippen LogP contribution in [0.2, 0.25) is 0 Å². The molecular formula is C6H10N2. The quantitative estimate of drug-likeness (QED) is 0.472. The Morgan fingerprint density at radius 2 is 2.75 bits per heavy atom. The molecule has 0 radical (unpaired) electrons. The predicted octanol–water partition coefficient (Wildman–Crippen LogP) is 0.920. The van der Waals surface area contributed by atoms with Crippen LogP contribution in [0.5, 0.6) is 0 Å². The van der Waals surface area contributed by atoms with Gasteiger partial charge in [-0.2, -0.15) is 0 Å². The zero-order chi connectivity index (χ0) is 5.82. The maximum absolute atomic E-state index is 4.17. The van der Waals surface area contributed by atoms with Crippen LogP contribution >= 0.6 is 0 Å². The second-order valence-electron chi connectivity index (χ2n) is 1.82. The van der Waals surface area contributed by atoms with Gasteiger partial charge in [0.25, 0.3) is 0 Å². The van der Waals surface area contributed by atoms with Crippen LogP contribution < -0.4 is 0 Å². The summed E-state index contributed by atoms with van der Waals surface area (Å²) in [6.45, 7) is 2.98. The summed E-state index contributed by atoms with van der Waals surface area (Å²) in [5, 5.41) is 0. The third-order valence-electron chi connectivity index (χ3n) is 1.05. The molecule has 0 aromatic carbocycles. The van der Waals surface area contributed by atoms with Crippen LogP contribution in [0.25, 0.3) is 0 Å². The minimum Gasteiger partial charge on any atom is -0.293 e. The molecular weight excluding hydrogens is 100 g/mol. The molecule has 44 valence electrons. The van der Waals surface area contributed by atoms with Crippen LogP contribution in [-0.4, -0.2) is 25.0 Å². The van der Waals surface area contributed by atoms with Crippen molar-refractivity contribution in [2.75, 3.05) is 6.54 Å². The highest BCUT2D eigenvalue weighted by molar-refractivity contribution is 5.73. The molecule has 0 fully saturated rings. The van der Waals surface area contributed by atoms with Gasteiger partial charge in [-0.25, -0.2) is 0 Å². The number of hydrogen-bond acceptors (Lipinski definition) is 2. The minimum atomic E-state index is 0.412. The van der Waals surface area contributed by atoms with Gasteiger partial charge in [-0.15, -0.1) is 0 Å². The summed E-state index contributed by atoms with van der Waals surface area (Å²) in [7, 11) is 0. The third kappa shape index (κ3) is 1.15. The van der Waals surface area contributed by atoms with E-state index in [0.29, 0.717) is 6.04 Å².